The summed E-state index contributed by atoms with van der Waals surface area (Å²) in [5.74, 6) is -1.63. The first-order valence-corrected chi connectivity index (χ1v) is 5.34. The van der Waals surface area contributed by atoms with E-state index < -0.39 is 5.97 Å². The Morgan fingerprint density at radius 2 is 1.94 bits per heavy atom. The van der Waals surface area contributed by atoms with Crippen molar-refractivity contribution < 1.29 is 43.8 Å². The van der Waals surface area contributed by atoms with Crippen molar-refractivity contribution in [2.24, 2.45) is 0 Å². The first-order chi connectivity index (χ1) is 7.58. The summed E-state index contributed by atoms with van der Waals surface area (Å²) in [5, 5.41) is 10.6. The van der Waals surface area contributed by atoms with E-state index in [0.717, 1.165) is 16.2 Å². The van der Waals surface area contributed by atoms with Crippen LogP contribution in [-0.4, -0.2) is 11.0 Å². The van der Waals surface area contributed by atoms with Crippen molar-refractivity contribution in [3.8, 4) is 11.3 Å². The predicted octanol–water partition coefficient (Wildman–Crippen LogP) is -1.37. The third kappa shape index (κ3) is 3.13. The molecule has 0 atom stereocenters. The van der Waals surface area contributed by atoms with Gasteiger partial charge in [-0.3, -0.25) is 0 Å². The third-order valence-corrected chi connectivity index (χ3v) is 3.04. The fourth-order valence-electron chi connectivity index (χ4n) is 1.36. The molecule has 0 saturated carbocycles. The van der Waals surface area contributed by atoms with Gasteiger partial charge in [0.15, 0.2) is 0 Å². The molecule has 1 aromatic heterocycles. The molecule has 0 unspecified atom stereocenters. The Balaban J connectivity index is 0.00000144. The maximum Gasteiger partial charge on any atom is 1.00 e. The quantitative estimate of drug-likeness (QED) is 0.625. The molecule has 2 rings (SSSR count). The molecule has 0 aliphatic rings. The van der Waals surface area contributed by atoms with Gasteiger partial charge in [0.2, 0.25) is 0 Å². The molecule has 2 aromatic rings. The van der Waals surface area contributed by atoms with Crippen LogP contribution in [0.4, 0.5) is 4.39 Å². The van der Waals surface area contributed by atoms with Crippen molar-refractivity contribution in [1.82, 2.24) is 4.98 Å². The Labute approximate surface area is 124 Å². The van der Waals surface area contributed by atoms with Crippen molar-refractivity contribution in [1.29, 1.82) is 0 Å². The Morgan fingerprint density at radius 1 is 1.35 bits per heavy atom. The van der Waals surface area contributed by atoms with Gasteiger partial charge in [-0.1, -0.05) is 0 Å². The van der Waals surface area contributed by atoms with Crippen LogP contribution in [0.25, 0.3) is 11.3 Å². The Kier molecular flexibility index (Phi) is 4.82. The van der Waals surface area contributed by atoms with Crippen LogP contribution in [0.1, 0.15) is 14.7 Å². The third-order valence-electron chi connectivity index (χ3n) is 2.09. The summed E-state index contributed by atoms with van der Waals surface area (Å²) in [4.78, 5) is 15.3. The van der Waals surface area contributed by atoms with Crippen LogP contribution in [0.5, 0.6) is 0 Å². The van der Waals surface area contributed by atoms with Crippen LogP contribution in [0.3, 0.4) is 0 Å². The van der Waals surface area contributed by atoms with Gasteiger partial charge in [0.1, 0.15) is 16.8 Å². The average Bonchev–Trinajstić information content (AvgIpc) is 2.62. The number of nitrogens with zero attached hydrogens (tertiary/aromatic N) is 1. The second-order valence-corrected chi connectivity index (χ2v) is 4.42. The molecule has 82 valence electrons. The number of hydrogen-bond donors (Lipinski definition) is 0. The van der Waals surface area contributed by atoms with E-state index >= 15 is 0 Å². The normalized spacial score (nSPS) is 9.76. The van der Waals surface area contributed by atoms with Gasteiger partial charge >= 0.3 is 29.6 Å². The number of aryl methyl sites for hydroxylation is 1. The number of rotatable bonds is 2. The minimum atomic E-state index is -1.29. The summed E-state index contributed by atoms with van der Waals surface area (Å²) in [7, 11) is 0. The van der Waals surface area contributed by atoms with Crippen LogP contribution in [0, 0.1) is 12.7 Å². The Hall–Kier alpha value is -0.750. The fourth-order valence-corrected chi connectivity index (χ4v) is 2.13. The zero-order valence-corrected chi connectivity index (χ0v) is 12.2. The molecule has 0 radical (unpaired) electrons. The fraction of sp³-hybridized carbons (Fsp3) is 0.0909. The van der Waals surface area contributed by atoms with Gasteiger partial charge in [-0.15, -0.1) is 11.3 Å². The topological polar surface area (TPSA) is 53.0 Å². The summed E-state index contributed by atoms with van der Waals surface area (Å²) < 4.78 is 12.7. The van der Waals surface area contributed by atoms with Gasteiger partial charge in [-0.25, -0.2) is 9.37 Å². The Bertz CT molecular complexity index is 539. The van der Waals surface area contributed by atoms with E-state index in [1.54, 1.807) is 19.1 Å². The number of aromatic nitrogens is 1. The van der Waals surface area contributed by atoms with Gasteiger partial charge in [-0.2, -0.15) is 0 Å². The van der Waals surface area contributed by atoms with Gasteiger partial charge in [0.25, 0.3) is 0 Å². The number of carbonyl (C=O) groups is 1. The molecule has 0 spiro atoms. The number of carboxylic acid groups (broad SMARTS) is 1. The van der Waals surface area contributed by atoms with E-state index in [-0.39, 0.29) is 40.4 Å². The number of aromatic carboxylic acids is 1. The largest absolute Gasteiger partial charge is 1.00 e. The number of carbonyl (C=O) groups excluding carboxylic acids is 1. The monoisotopic (exact) mass is 259 g/mol. The number of hydrogen-bond acceptors (Lipinski definition) is 4. The second kappa shape index (κ2) is 5.73. The number of benzene rings is 1. The molecule has 0 saturated heterocycles. The van der Waals surface area contributed by atoms with Crippen LogP contribution in [-0.2, 0) is 0 Å². The van der Waals surface area contributed by atoms with Crippen LogP contribution in [0.15, 0.2) is 24.3 Å². The first-order valence-electron chi connectivity index (χ1n) is 4.52. The van der Waals surface area contributed by atoms with Gasteiger partial charge in [-0.05, 0) is 31.2 Å². The summed E-state index contributed by atoms with van der Waals surface area (Å²) >= 11 is 1.05. The Morgan fingerprint density at radius 3 is 2.41 bits per heavy atom. The summed E-state index contributed by atoms with van der Waals surface area (Å²) in [6.45, 7) is 1.77. The van der Waals surface area contributed by atoms with Crippen molar-refractivity contribution in [3.05, 3.63) is 40.0 Å². The molecular formula is C11H7FNNaO2S. The van der Waals surface area contributed by atoms with E-state index in [4.69, 9.17) is 0 Å². The smallest absolute Gasteiger partial charge is 0.542 e. The molecule has 0 aliphatic carbocycles. The average molecular weight is 259 g/mol. The van der Waals surface area contributed by atoms with E-state index in [0.29, 0.717) is 11.3 Å². The molecule has 0 bridgehead atoms. The molecule has 0 aliphatic heterocycles. The number of halogens is 1. The number of carboxylic acids is 1. The van der Waals surface area contributed by atoms with Crippen molar-refractivity contribution in [2.75, 3.05) is 0 Å². The zero-order valence-electron chi connectivity index (χ0n) is 9.36. The minimum absolute atomic E-state index is 0. The van der Waals surface area contributed by atoms with Crippen molar-refractivity contribution in [3.63, 3.8) is 0 Å². The summed E-state index contributed by atoms with van der Waals surface area (Å²) in [5.41, 5.74) is 1.26. The maximum atomic E-state index is 12.7. The minimum Gasteiger partial charge on any atom is -0.542 e. The maximum absolute atomic E-state index is 12.7. The van der Waals surface area contributed by atoms with Gasteiger partial charge < -0.3 is 9.90 Å². The second-order valence-electron chi connectivity index (χ2n) is 3.22. The van der Waals surface area contributed by atoms with Gasteiger partial charge in [0.05, 0.1) is 5.69 Å². The molecule has 0 fully saturated rings. The van der Waals surface area contributed by atoms with Crippen LogP contribution >= 0.6 is 11.3 Å². The molecule has 0 N–H and O–H groups in total. The summed E-state index contributed by atoms with van der Waals surface area (Å²) in [6, 6.07) is 5.76. The van der Waals surface area contributed by atoms with Crippen molar-refractivity contribution >= 4 is 17.3 Å². The van der Waals surface area contributed by atoms with Crippen molar-refractivity contribution in [2.45, 2.75) is 6.92 Å². The van der Waals surface area contributed by atoms with Crippen LogP contribution < -0.4 is 34.7 Å². The number of thiazole rings is 1. The predicted molar refractivity (Wildman–Crippen MR) is 56.6 cm³/mol. The van der Waals surface area contributed by atoms with Gasteiger partial charge in [0, 0.05) is 10.4 Å². The van der Waals surface area contributed by atoms with E-state index in [9.17, 15) is 14.3 Å². The zero-order chi connectivity index (χ0) is 11.7. The SMILES string of the molecule is Cc1sc(C(=O)[O-])nc1-c1ccc(F)cc1.[Na+]. The molecule has 0 amide bonds. The molecule has 17 heavy (non-hydrogen) atoms. The molecule has 1 aromatic carbocycles. The molecule has 3 nitrogen and oxygen atoms in total. The van der Waals surface area contributed by atoms with E-state index in [2.05, 4.69) is 4.98 Å². The molecule has 1 heterocycles. The summed E-state index contributed by atoms with van der Waals surface area (Å²) in [6.07, 6.45) is 0. The molecular weight excluding hydrogens is 252 g/mol. The van der Waals surface area contributed by atoms with E-state index in [1.807, 2.05) is 0 Å². The first kappa shape index (κ1) is 14.3. The van der Waals surface area contributed by atoms with E-state index in [1.165, 1.54) is 12.1 Å². The molecule has 6 heteroatoms. The standard InChI is InChI=1S/C11H8FNO2S.Na/c1-6-9(13-10(16-6)11(14)15)7-2-4-8(12)5-3-7;/h2-5H,1H3,(H,14,15);/q;+1/p-1. The van der Waals surface area contributed by atoms with Crippen LogP contribution in [0.2, 0.25) is 0 Å².